The SMILES string of the molecule is CCCCCCOc1ccc(NC=C(C#N)C#N)cc1. The second kappa shape index (κ2) is 9.47. The zero-order valence-electron chi connectivity index (χ0n) is 11.7. The molecule has 4 heteroatoms. The molecule has 20 heavy (non-hydrogen) atoms. The molecule has 1 N–H and O–H groups in total. The molecule has 1 aromatic rings. The highest BCUT2D eigenvalue weighted by atomic mass is 16.5. The minimum atomic E-state index is 0.0428. The highest BCUT2D eigenvalue weighted by Crippen LogP contribution is 2.16. The number of nitrogens with zero attached hydrogens (tertiary/aromatic N) is 2. The fourth-order valence-electron chi connectivity index (χ4n) is 1.61. The van der Waals surface area contributed by atoms with Gasteiger partial charge in [0.1, 0.15) is 23.5 Å². The van der Waals surface area contributed by atoms with Gasteiger partial charge in [0.25, 0.3) is 0 Å². The number of hydrogen-bond acceptors (Lipinski definition) is 4. The predicted molar refractivity (Wildman–Crippen MR) is 79.0 cm³/mol. The highest BCUT2D eigenvalue weighted by molar-refractivity contribution is 5.51. The first kappa shape index (κ1) is 15.6. The van der Waals surface area contributed by atoms with Gasteiger partial charge in [0, 0.05) is 11.9 Å². The number of hydrogen-bond donors (Lipinski definition) is 1. The van der Waals surface area contributed by atoms with Crippen molar-refractivity contribution in [2.24, 2.45) is 0 Å². The number of nitriles is 2. The molecule has 0 heterocycles. The summed E-state index contributed by atoms with van der Waals surface area (Å²) >= 11 is 0. The molecule has 0 aliphatic carbocycles. The average molecular weight is 269 g/mol. The summed E-state index contributed by atoms with van der Waals surface area (Å²) in [6.45, 7) is 2.92. The summed E-state index contributed by atoms with van der Waals surface area (Å²) in [5.74, 6) is 0.830. The molecule has 0 amide bonds. The predicted octanol–water partition coefficient (Wildman–Crippen LogP) is 3.99. The molecule has 0 fully saturated rings. The smallest absolute Gasteiger partial charge is 0.145 e. The molecule has 0 unspecified atom stereocenters. The van der Waals surface area contributed by atoms with Gasteiger partial charge in [-0.05, 0) is 30.7 Å². The van der Waals surface area contributed by atoms with Crippen molar-refractivity contribution in [2.75, 3.05) is 11.9 Å². The van der Waals surface area contributed by atoms with Gasteiger partial charge >= 0.3 is 0 Å². The molecule has 0 aliphatic rings. The van der Waals surface area contributed by atoms with Crippen LogP contribution in [0, 0.1) is 22.7 Å². The lowest BCUT2D eigenvalue weighted by molar-refractivity contribution is 0.305. The molecule has 0 saturated heterocycles. The molecule has 0 radical (unpaired) electrons. The van der Waals surface area contributed by atoms with E-state index in [-0.39, 0.29) is 5.57 Å². The fourth-order valence-corrected chi connectivity index (χ4v) is 1.61. The van der Waals surface area contributed by atoms with Gasteiger partial charge in [0.2, 0.25) is 0 Å². The Balaban J connectivity index is 2.39. The lowest BCUT2D eigenvalue weighted by atomic mass is 10.2. The molecule has 104 valence electrons. The van der Waals surface area contributed by atoms with Crippen LogP contribution in [-0.2, 0) is 0 Å². The lowest BCUT2D eigenvalue weighted by Crippen LogP contribution is -1.97. The number of anilines is 1. The van der Waals surface area contributed by atoms with Crippen LogP contribution in [0.2, 0.25) is 0 Å². The van der Waals surface area contributed by atoms with Gasteiger partial charge in [-0.2, -0.15) is 10.5 Å². The van der Waals surface area contributed by atoms with Gasteiger partial charge in [0.05, 0.1) is 6.61 Å². The van der Waals surface area contributed by atoms with Crippen molar-refractivity contribution in [1.29, 1.82) is 10.5 Å². The van der Waals surface area contributed by atoms with Crippen LogP contribution >= 0.6 is 0 Å². The van der Waals surface area contributed by atoms with Crippen LogP contribution in [0.4, 0.5) is 5.69 Å². The Morgan fingerprint density at radius 1 is 1.15 bits per heavy atom. The zero-order valence-corrected chi connectivity index (χ0v) is 11.7. The molecule has 0 saturated carbocycles. The summed E-state index contributed by atoms with van der Waals surface area (Å²) in [5.41, 5.74) is 0.854. The fraction of sp³-hybridized carbons (Fsp3) is 0.375. The van der Waals surface area contributed by atoms with E-state index in [9.17, 15) is 0 Å². The third kappa shape index (κ3) is 5.93. The highest BCUT2D eigenvalue weighted by Gasteiger charge is 1.96. The normalized spacial score (nSPS) is 9.15. The summed E-state index contributed by atoms with van der Waals surface area (Å²) in [6.07, 6.45) is 6.14. The molecule has 0 bridgehead atoms. The van der Waals surface area contributed by atoms with Gasteiger partial charge in [-0.3, -0.25) is 0 Å². The number of benzene rings is 1. The maximum atomic E-state index is 8.61. The average Bonchev–Trinajstić information content (AvgIpc) is 2.49. The van der Waals surface area contributed by atoms with Crippen LogP contribution in [0.15, 0.2) is 36.0 Å². The van der Waals surface area contributed by atoms with Gasteiger partial charge in [-0.15, -0.1) is 0 Å². The van der Waals surface area contributed by atoms with Crippen molar-refractivity contribution in [3.05, 3.63) is 36.0 Å². The molecule has 1 aromatic carbocycles. The second-order valence-corrected chi connectivity index (χ2v) is 4.36. The Hall–Kier alpha value is -2.46. The third-order valence-corrected chi connectivity index (χ3v) is 2.75. The van der Waals surface area contributed by atoms with E-state index in [1.54, 1.807) is 12.1 Å². The Morgan fingerprint density at radius 2 is 1.85 bits per heavy atom. The minimum Gasteiger partial charge on any atom is -0.494 e. The van der Waals surface area contributed by atoms with Crippen molar-refractivity contribution in [3.63, 3.8) is 0 Å². The molecule has 0 aromatic heterocycles. The van der Waals surface area contributed by atoms with E-state index in [0.717, 1.165) is 24.5 Å². The first-order chi connectivity index (χ1) is 9.80. The van der Waals surface area contributed by atoms with Crippen LogP contribution < -0.4 is 10.1 Å². The van der Waals surface area contributed by atoms with Crippen LogP contribution in [-0.4, -0.2) is 6.61 Å². The van der Waals surface area contributed by atoms with Gasteiger partial charge < -0.3 is 10.1 Å². The summed E-state index contributed by atoms with van der Waals surface area (Å²) in [7, 11) is 0. The van der Waals surface area contributed by atoms with Crippen molar-refractivity contribution < 1.29 is 4.74 Å². The number of ether oxygens (including phenoxy) is 1. The van der Waals surface area contributed by atoms with Gasteiger partial charge in [0.15, 0.2) is 0 Å². The van der Waals surface area contributed by atoms with Crippen molar-refractivity contribution in [2.45, 2.75) is 32.6 Å². The van der Waals surface area contributed by atoms with Crippen LogP contribution in [0.5, 0.6) is 5.75 Å². The zero-order chi connectivity index (χ0) is 14.6. The first-order valence-corrected chi connectivity index (χ1v) is 6.80. The van der Waals surface area contributed by atoms with Gasteiger partial charge in [-0.25, -0.2) is 0 Å². The van der Waals surface area contributed by atoms with E-state index in [1.807, 2.05) is 24.3 Å². The largest absolute Gasteiger partial charge is 0.494 e. The maximum Gasteiger partial charge on any atom is 0.145 e. The number of allylic oxidation sites excluding steroid dienone is 1. The number of nitrogens with one attached hydrogen (secondary N) is 1. The van der Waals surface area contributed by atoms with Gasteiger partial charge in [-0.1, -0.05) is 26.2 Å². The molecule has 0 spiro atoms. The van der Waals surface area contributed by atoms with Crippen molar-refractivity contribution in [3.8, 4) is 17.9 Å². The molecular weight excluding hydrogens is 250 g/mol. The van der Waals surface area contributed by atoms with E-state index in [1.165, 1.54) is 25.5 Å². The summed E-state index contributed by atoms with van der Waals surface area (Å²) in [5, 5.41) is 20.1. The standard InChI is InChI=1S/C16H19N3O/c1-2-3-4-5-10-20-16-8-6-15(7-9-16)19-13-14(11-17)12-18/h6-9,13,19H,2-5,10H2,1H3. The Kier molecular flexibility index (Phi) is 7.38. The molecule has 0 atom stereocenters. The molecular formula is C16H19N3O. The van der Waals surface area contributed by atoms with Crippen molar-refractivity contribution in [1.82, 2.24) is 0 Å². The maximum absolute atomic E-state index is 8.61. The molecule has 1 rings (SSSR count). The van der Waals surface area contributed by atoms with E-state index >= 15 is 0 Å². The van der Waals surface area contributed by atoms with E-state index in [4.69, 9.17) is 15.3 Å². The van der Waals surface area contributed by atoms with E-state index < -0.39 is 0 Å². The van der Waals surface area contributed by atoms with Crippen LogP contribution in [0.3, 0.4) is 0 Å². The summed E-state index contributed by atoms with van der Waals surface area (Å²) in [4.78, 5) is 0. The minimum absolute atomic E-state index is 0.0428. The second-order valence-electron chi connectivity index (χ2n) is 4.36. The van der Waals surface area contributed by atoms with E-state index in [0.29, 0.717) is 0 Å². The summed E-state index contributed by atoms with van der Waals surface area (Å²) in [6, 6.07) is 11.0. The first-order valence-electron chi connectivity index (χ1n) is 6.80. The van der Waals surface area contributed by atoms with Crippen LogP contribution in [0.1, 0.15) is 32.6 Å². The Morgan fingerprint density at radius 3 is 2.45 bits per heavy atom. The summed E-state index contributed by atoms with van der Waals surface area (Å²) < 4.78 is 5.63. The third-order valence-electron chi connectivity index (χ3n) is 2.75. The monoisotopic (exact) mass is 269 g/mol. The van der Waals surface area contributed by atoms with E-state index in [2.05, 4.69) is 12.2 Å². The Labute approximate surface area is 120 Å². The van der Waals surface area contributed by atoms with Crippen LogP contribution in [0.25, 0.3) is 0 Å². The Bertz CT molecular complexity index is 490. The quantitative estimate of drug-likeness (QED) is 0.572. The molecule has 4 nitrogen and oxygen atoms in total. The number of unbranched alkanes of at least 4 members (excludes halogenated alkanes) is 3. The topological polar surface area (TPSA) is 68.8 Å². The van der Waals surface area contributed by atoms with Crippen molar-refractivity contribution >= 4 is 5.69 Å². The molecule has 0 aliphatic heterocycles. The number of rotatable bonds is 8. The lowest BCUT2D eigenvalue weighted by Gasteiger charge is -2.07.